The van der Waals surface area contributed by atoms with Gasteiger partial charge < -0.3 is 31.9 Å². The molecule has 1 saturated carbocycles. The van der Waals surface area contributed by atoms with Gasteiger partial charge in [-0.1, -0.05) is 11.6 Å². The van der Waals surface area contributed by atoms with Gasteiger partial charge in [0.15, 0.2) is 11.5 Å². The zero-order chi connectivity index (χ0) is 23.4. The van der Waals surface area contributed by atoms with E-state index in [9.17, 15) is 0 Å². The van der Waals surface area contributed by atoms with Gasteiger partial charge in [0.05, 0.1) is 22.6 Å². The van der Waals surface area contributed by atoms with Crippen molar-refractivity contribution in [3.63, 3.8) is 0 Å². The van der Waals surface area contributed by atoms with Crippen LogP contribution < -0.4 is 27.0 Å². The van der Waals surface area contributed by atoms with Gasteiger partial charge in [-0.05, 0) is 63.2 Å². The van der Waals surface area contributed by atoms with Crippen LogP contribution in [0.5, 0.6) is 0 Å². The second kappa shape index (κ2) is 8.06. The van der Waals surface area contributed by atoms with Crippen molar-refractivity contribution in [2.24, 2.45) is 5.41 Å². The molecule has 2 aromatic heterocycles. The maximum atomic E-state index is 6.92. The zero-order valence-corrected chi connectivity index (χ0v) is 20.1. The van der Waals surface area contributed by atoms with E-state index in [0.29, 0.717) is 51.1 Å². The number of benzene rings is 1. The topological polar surface area (TPSA) is 126 Å². The van der Waals surface area contributed by atoms with Crippen molar-refractivity contribution in [2.75, 3.05) is 60.2 Å². The summed E-state index contributed by atoms with van der Waals surface area (Å²) in [6, 6.07) is 4.20. The number of nitrogens with zero attached hydrogens (tertiary/aromatic N) is 6. The van der Waals surface area contributed by atoms with Gasteiger partial charge in [-0.15, -0.1) is 5.10 Å². The summed E-state index contributed by atoms with van der Waals surface area (Å²) in [5.41, 5.74) is 15.7. The second-order valence-corrected chi connectivity index (χ2v) is 10.5. The Morgan fingerprint density at radius 1 is 1.12 bits per heavy atom. The van der Waals surface area contributed by atoms with E-state index in [2.05, 4.69) is 42.5 Å². The third kappa shape index (κ3) is 3.94. The minimum absolute atomic E-state index is 0.380. The molecule has 4 heterocycles. The summed E-state index contributed by atoms with van der Waals surface area (Å²) < 4.78 is 1.59. The first-order chi connectivity index (χ1) is 16.4. The molecule has 6 rings (SSSR count). The van der Waals surface area contributed by atoms with Crippen molar-refractivity contribution < 1.29 is 0 Å². The number of nitrogen functional groups attached to an aromatic ring is 2. The molecule has 3 aromatic rings. The second-order valence-electron chi connectivity index (χ2n) is 10.1. The monoisotopic (exact) mass is 482 g/mol. The third-order valence-corrected chi connectivity index (χ3v) is 7.82. The van der Waals surface area contributed by atoms with Gasteiger partial charge in [0, 0.05) is 31.4 Å². The average molecular weight is 483 g/mol. The van der Waals surface area contributed by atoms with Crippen LogP contribution in [0.1, 0.15) is 32.1 Å². The van der Waals surface area contributed by atoms with Crippen LogP contribution in [0.15, 0.2) is 18.3 Å². The molecule has 1 aliphatic carbocycles. The van der Waals surface area contributed by atoms with E-state index in [1.807, 2.05) is 12.1 Å². The van der Waals surface area contributed by atoms with Crippen molar-refractivity contribution in [2.45, 2.75) is 38.1 Å². The number of likely N-dealkylation sites (tertiary alicyclic amines) is 1. The van der Waals surface area contributed by atoms with Gasteiger partial charge in [-0.25, -0.2) is 4.98 Å². The normalized spacial score (nSPS) is 20.4. The van der Waals surface area contributed by atoms with Gasteiger partial charge in [-0.3, -0.25) is 0 Å². The number of piperidine rings is 1. The SMILES string of the molecule is CN1CCC2(CCN(c3cc(N)cc(Nc4nc(NC5CC5)c5ncc(N)n5n4)c3Cl)CC2)C1. The zero-order valence-electron chi connectivity index (χ0n) is 19.4. The molecule has 10 nitrogen and oxygen atoms in total. The molecule has 0 unspecified atom stereocenters. The number of nitrogens with one attached hydrogen (secondary N) is 2. The molecule has 180 valence electrons. The van der Waals surface area contributed by atoms with Crippen molar-refractivity contribution in [3.05, 3.63) is 23.4 Å². The highest BCUT2D eigenvalue weighted by atomic mass is 35.5. The molecular formula is C23H31ClN10. The molecular weight excluding hydrogens is 452 g/mol. The number of imidazole rings is 1. The lowest BCUT2D eigenvalue weighted by molar-refractivity contribution is 0.222. The molecule has 2 saturated heterocycles. The molecule has 1 aromatic carbocycles. The van der Waals surface area contributed by atoms with Crippen LogP contribution >= 0.6 is 11.6 Å². The summed E-state index contributed by atoms with van der Waals surface area (Å²) in [7, 11) is 2.22. The predicted molar refractivity (Wildman–Crippen MR) is 137 cm³/mol. The van der Waals surface area contributed by atoms with E-state index in [1.54, 1.807) is 10.7 Å². The minimum atomic E-state index is 0.380. The molecule has 6 N–H and O–H groups in total. The molecule has 3 aliphatic rings. The number of halogens is 1. The number of fused-ring (bicyclic) bond motifs is 1. The van der Waals surface area contributed by atoms with Crippen molar-refractivity contribution in [1.82, 2.24) is 24.5 Å². The van der Waals surface area contributed by atoms with Crippen LogP contribution in [0.3, 0.4) is 0 Å². The van der Waals surface area contributed by atoms with Gasteiger partial charge in [0.1, 0.15) is 5.82 Å². The largest absolute Gasteiger partial charge is 0.399 e. The summed E-state index contributed by atoms with van der Waals surface area (Å²) in [5, 5.41) is 11.8. The predicted octanol–water partition coefficient (Wildman–Crippen LogP) is 3.18. The van der Waals surface area contributed by atoms with E-state index in [1.165, 1.54) is 32.4 Å². The number of hydrogen-bond donors (Lipinski definition) is 4. The van der Waals surface area contributed by atoms with Gasteiger partial charge in [0.2, 0.25) is 5.95 Å². The minimum Gasteiger partial charge on any atom is -0.399 e. The first-order valence-corrected chi connectivity index (χ1v) is 12.3. The van der Waals surface area contributed by atoms with Crippen molar-refractivity contribution in [3.8, 4) is 0 Å². The lowest BCUT2D eigenvalue weighted by Gasteiger charge is -2.40. The molecule has 1 spiro atoms. The summed E-state index contributed by atoms with van der Waals surface area (Å²) in [6.45, 7) is 4.32. The first-order valence-electron chi connectivity index (χ1n) is 12.0. The molecule has 3 fully saturated rings. The quantitative estimate of drug-likeness (QED) is 0.405. The highest BCUT2D eigenvalue weighted by molar-refractivity contribution is 6.36. The lowest BCUT2D eigenvalue weighted by Crippen LogP contribution is -2.41. The molecule has 0 radical (unpaired) electrons. The molecule has 0 atom stereocenters. The molecule has 2 aliphatic heterocycles. The Labute approximate surface area is 203 Å². The molecule has 34 heavy (non-hydrogen) atoms. The van der Waals surface area contributed by atoms with Crippen LogP contribution in [0, 0.1) is 5.41 Å². The Balaban J connectivity index is 1.27. The fraction of sp³-hybridized carbons (Fsp3) is 0.522. The van der Waals surface area contributed by atoms with Crippen LogP contribution in [0.2, 0.25) is 5.02 Å². The van der Waals surface area contributed by atoms with E-state index in [4.69, 9.17) is 23.1 Å². The van der Waals surface area contributed by atoms with E-state index >= 15 is 0 Å². The summed E-state index contributed by atoms with van der Waals surface area (Å²) in [4.78, 5) is 13.8. The standard InChI is InChI=1S/C23H31ClN10/c1-32-7-4-23(13-32)5-8-33(9-6-23)17-11-14(25)10-16(19(17)24)29-22-30-20(28-15-2-3-15)21-27-12-18(26)34(21)31-22/h10-12,15H,2-9,13,25-26H2,1H3,(H2,28,29,30,31). The smallest absolute Gasteiger partial charge is 0.247 e. The Kier molecular flexibility index (Phi) is 5.11. The Bertz CT molecular complexity index is 1230. The summed E-state index contributed by atoms with van der Waals surface area (Å²) >= 11 is 6.92. The molecule has 0 amide bonds. The molecule has 0 bridgehead atoms. The van der Waals surface area contributed by atoms with Gasteiger partial charge >= 0.3 is 0 Å². The third-order valence-electron chi connectivity index (χ3n) is 7.42. The maximum Gasteiger partial charge on any atom is 0.247 e. The fourth-order valence-corrected chi connectivity index (χ4v) is 5.61. The summed E-state index contributed by atoms with van der Waals surface area (Å²) in [5.74, 6) is 1.48. The Hall–Kier alpha value is -2.98. The van der Waals surface area contributed by atoms with Crippen molar-refractivity contribution in [1.29, 1.82) is 0 Å². The maximum absolute atomic E-state index is 6.92. The van der Waals surface area contributed by atoms with E-state index in [0.717, 1.165) is 31.6 Å². The van der Waals surface area contributed by atoms with Crippen molar-refractivity contribution >= 4 is 51.9 Å². The Morgan fingerprint density at radius 2 is 1.88 bits per heavy atom. The number of hydrogen-bond acceptors (Lipinski definition) is 9. The van der Waals surface area contributed by atoms with E-state index < -0.39 is 0 Å². The van der Waals surface area contributed by atoms with E-state index in [-0.39, 0.29) is 0 Å². The number of aromatic nitrogens is 4. The lowest BCUT2D eigenvalue weighted by atomic mass is 9.77. The van der Waals surface area contributed by atoms with Gasteiger partial charge in [0.25, 0.3) is 0 Å². The Morgan fingerprint density at radius 3 is 2.59 bits per heavy atom. The van der Waals surface area contributed by atoms with Gasteiger partial charge in [-0.2, -0.15) is 9.50 Å². The van der Waals surface area contributed by atoms with Crippen LogP contribution in [0.25, 0.3) is 5.65 Å². The van der Waals surface area contributed by atoms with Crippen LogP contribution in [-0.4, -0.2) is 63.8 Å². The number of rotatable bonds is 5. The average Bonchev–Trinajstić information content (AvgIpc) is 3.45. The number of anilines is 6. The summed E-state index contributed by atoms with van der Waals surface area (Å²) in [6.07, 6.45) is 7.44. The first kappa shape index (κ1) is 21.5. The molecule has 11 heteroatoms. The number of nitrogens with two attached hydrogens (primary N) is 2. The van der Waals surface area contributed by atoms with Crippen LogP contribution in [0.4, 0.5) is 34.6 Å². The highest BCUT2D eigenvalue weighted by Gasteiger charge is 2.39. The fourth-order valence-electron chi connectivity index (χ4n) is 5.33. The van der Waals surface area contributed by atoms with Crippen LogP contribution in [-0.2, 0) is 0 Å². The highest BCUT2D eigenvalue weighted by Crippen LogP contribution is 2.44.